The number of rotatable bonds is 6. The first-order valence-corrected chi connectivity index (χ1v) is 19.3. The molecule has 0 aliphatic rings. The van der Waals surface area contributed by atoms with E-state index in [1.54, 1.807) is 0 Å². The first kappa shape index (κ1) is 31.5. The van der Waals surface area contributed by atoms with Crippen LogP contribution in [0.1, 0.15) is 0 Å². The number of aromatic nitrogens is 1. The van der Waals surface area contributed by atoms with Crippen molar-refractivity contribution in [3.05, 3.63) is 194 Å². The molecule has 2 heterocycles. The second-order valence-electron chi connectivity index (χ2n) is 14.0. The molecule has 0 aliphatic heterocycles. The molecule has 0 bridgehead atoms. The second kappa shape index (κ2) is 12.8. The smallest absolute Gasteiger partial charge is 0.227 e. The molecule has 0 amide bonds. The zero-order chi connectivity index (χ0) is 36.3. The molecule has 2 aromatic heterocycles. The minimum atomic E-state index is 0.624. The van der Waals surface area contributed by atoms with Crippen LogP contribution in [0.25, 0.3) is 86.5 Å². The molecule has 55 heavy (non-hydrogen) atoms. The summed E-state index contributed by atoms with van der Waals surface area (Å²) in [5, 5.41) is 7.42. The molecule has 0 N–H and O–H groups in total. The second-order valence-corrected chi connectivity index (χ2v) is 15.0. The van der Waals surface area contributed by atoms with E-state index in [4.69, 9.17) is 9.40 Å². The summed E-state index contributed by atoms with van der Waals surface area (Å²) < 4.78 is 9.00. The molecular formula is C51H32N2OS. The number of oxazole rings is 1. The third-order valence-corrected chi connectivity index (χ3v) is 11.9. The third-order valence-electron chi connectivity index (χ3n) is 10.7. The minimum absolute atomic E-state index is 0.624. The molecule has 3 nitrogen and oxygen atoms in total. The largest absolute Gasteiger partial charge is 0.436 e. The lowest BCUT2D eigenvalue weighted by Gasteiger charge is -2.26. The average Bonchev–Trinajstić information content (AvgIpc) is 3.86. The van der Waals surface area contributed by atoms with Crippen molar-refractivity contribution in [3.8, 4) is 33.7 Å². The van der Waals surface area contributed by atoms with E-state index < -0.39 is 0 Å². The number of hydrogen-bond donors (Lipinski definition) is 0. The van der Waals surface area contributed by atoms with Crippen LogP contribution in [0.5, 0.6) is 0 Å². The van der Waals surface area contributed by atoms with Crippen LogP contribution >= 0.6 is 11.3 Å². The normalized spacial score (nSPS) is 11.6. The van der Waals surface area contributed by atoms with Crippen molar-refractivity contribution in [1.82, 2.24) is 4.98 Å². The van der Waals surface area contributed by atoms with Gasteiger partial charge in [-0.15, -0.1) is 11.3 Å². The maximum absolute atomic E-state index is 6.46. The van der Waals surface area contributed by atoms with Crippen LogP contribution in [0, 0.1) is 0 Å². The maximum Gasteiger partial charge on any atom is 0.227 e. The van der Waals surface area contributed by atoms with Crippen LogP contribution in [0.3, 0.4) is 0 Å². The Balaban J connectivity index is 1.07. The van der Waals surface area contributed by atoms with Crippen LogP contribution < -0.4 is 4.90 Å². The molecular weight excluding hydrogens is 689 g/mol. The Morgan fingerprint density at radius 1 is 0.418 bits per heavy atom. The Morgan fingerprint density at radius 3 is 1.85 bits per heavy atom. The van der Waals surface area contributed by atoms with Crippen molar-refractivity contribution < 1.29 is 4.42 Å². The number of benzene rings is 9. The summed E-state index contributed by atoms with van der Waals surface area (Å²) in [5.41, 5.74) is 10.5. The third kappa shape index (κ3) is 5.46. The van der Waals surface area contributed by atoms with Crippen LogP contribution in [0.4, 0.5) is 17.1 Å². The molecule has 0 atom stereocenters. The van der Waals surface area contributed by atoms with E-state index in [9.17, 15) is 0 Å². The van der Waals surface area contributed by atoms with E-state index in [1.807, 2.05) is 35.6 Å². The van der Waals surface area contributed by atoms with Gasteiger partial charge >= 0.3 is 0 Å². The lowest BCUT2D eigenvalue weighted by molar-refractivity contribution is 0.620. The zero-order valence-electron chi connectivity index (χ0n) is 29.7. The van der Waals surface area contributed by atoms with E-state index >= 15 is 0 Å². The van der Waals surface area contributed by atoms with Crippen molar-refractivity contribution in [1.29, 1.82) is 0 Å². The van der Waals surface area contributed by atoms with Gasteiger partial charge in [-0.2, -0.15) is 0 Å². The number of thiophene rings is 1. The Kier molecular flexibility index (Phi) is 7.35. The zero-order valence-corrected chi connectivity index (χ0v) is 30.5. The maximum atomic E-state index is 6.46. The SMILES string of the molecule is c1ccc(-c2ccc(N(c3ccc(-c4cc5sc6c7ccccc7ccc6c5cc4-c4nc5ccccc5o4)cc3)c3ccc4ccccc4c3)cc2)cc1. The van der Waals surface area contributed by atoms with E-state index in [-0.39, 0.29) is 0 Å². The molecule has 0 spiro atoms. The van der Waals surface area contributed by atoms with Crippen molar-refractivity contribution in [2.45, 2.75) is 0 Å². The summed E-state index contributed by atoms with van der Waals surface area (Å²) >= 11 is 1.85. The van der Waals surface area contributed by atoms with Gasteiger partial charge in [-0.25, -0.2) is 4.98 Å². The van der Waals surface area contributed by atoms with Gasteiger partial charge in [0, 0.05) is 42.8 Å². The van der Waals surface area contributed by atoms with Gasteiger partial charge < -0.3 is 9.32 Å². The lowest BCUT2D eigenvalue weighted by Crippen LogP contribution is -2.09. The van der Waals surface area contributed by atoms with Crippen LogP contribution in [-0.2, 0) is 0 Å². The van der Waals surface area contributed by atoms with Crippen LogP contribution in [-0.4, -0.2) is 4.98 Å². The van der Waals surface area contributed by atoms with E-state index in [2.05, 4.69) is 175 Å². The summed E-state index contributed by atoms with van der Waals surface area (Å²) in [5.74, 6) is 0.624. The van der Waals surface area contributed by atoms with Gasteiger partial charge in [-0.05, 0) is 104 Å². The molecule has 0 aliphatic carbocycles. The number of anilines is 3. The average molecular weight is 721 g/mol. The molecule has 0 saturated heterocycles. The highest BCUT2D eigenvalue weighted by molar-refractivity contribution is 7.26. The van der Waals surface area contributed by atoms with Gasteiger partial charge in [0.25, 0.3) is 0 Å². The Labute approximate surface area is 322 Å². The van der Waals surface area contributed by atoms with E-state index in [0.717, 1.165) is 44.9 Å². The molecule has 11 rings (SSSR count). The van der Waals surface area contributed by atoms with Crippen molar-refractivity contribution in [3.63, 3.8) is 0 Å². The standard InChI is InChI=1S/C51H32N2OS/c1-2-10-33(11-3-1)35-18-24-39(25-19-35)53(41-28-20-34-12-4-5-14-38(34)30-41)40-26-21-37(22-27-40)44-32-49-45(31-46(44)51-52-47-16-8-9-17-48(47)54-51)43-29-23-36-13-6-7-15-42(36)50(43)55-49/h1-32H. The fraction of sp³-hybridized carbons (Fsp3) is 0. The molecule has 0 saturated carbocycles. The van der Waals surface area contributed by atoms with Gasteiger partial charge in [0.15, 0.2) is 5.58 Å². The van der Waals surface area contributed by atoms with Gasteiger partial charge in [-0.3, -0.25) is 0 Å². The fourth-order valence-electron chi connectivity index (χ4n) is 7.94. The van der Waals surface area contributed by atoms with Gasteiger partial charge in [0.1, 0.15) is 5.52 Å². The predicted molar refractivity (Wildman–Crippen MR) is 233 cm³/mol. The summed E-state index contributed by atoms with van der Waals surface area (Å²) in [6.07, 6.45) is 0. The summed E-state index contributed by atoms with van der Waals surface area (Å²) in [6.45, 7) is 0. The van der Waals surface area contributed by atoms with Crippen molar-refractivity contribution >= 4 is 81.2 Å². The molecule has 4 heteroatoms. The predicted octanol–water partition coefficient (Wildman–Crippen LogP) is 15.0. The Morgan fingerprint density at radius 2 is 1.05 bits per heavy atom. The fourth-order valence-corrected chi connectivity index (χ4v) is 9.20. The van der Waals surface area contributed by atoms with Gasteiger partial charge in [0.2, 0.25) is 5.89 Å². The minimum Gasteiger partial charge on any atom is -0.436 e. The first-order valence-electron chi connectivity index (χ1n) is 18.5. The molecule has 258 valence electrons. The van der Waals surface area contributed by atoms with Crippen molar-refractivity contribution in [2.75, 3.05) is 4.90 Å². The molecule has 0 radical (unpaired) electrons. The molecule has 9 aromatic carbocycles. The highest BCUT2D eigenvalue weighted by atomic mass is 32.1. The monoisotopic (exact) mass is 720 g/mol. The van der Waals surface area contributed by atoms with Crippen LogP contribution in [0.15, 0.2) is 199 Å². The number of hydrogen-bond acceptors (Lipinski definition) is 4. The molecule has 0 unspecified atom stereocenters. The Hall–Kier alpha value is -7.01. The quantitative estimate of drug-likeness (QED) is 0.171. The molecule has 0 fully saturated rings. The van der Waals surface area contributed by atoms with Gasteiger partial charge in [0.05, 0.1) is 0 Å². The van der Waals surface area contributed by atoms with Crippen molar-refractivity contribution in [2.24, 2.45) is 0 Å². The summed E-state index contributed by atoms with van der Waals surface area (Å²) in [4.78, 5) is 7.34. The highest BCUT2D eigenvalue weighted by Gasteiger charge is 2.20. The lowest BCUT2D eigenvalue weighted by atomic mass is 9.96. The number of nitrogens with zero attached hydrogens (tertiary/aromatic N) is 2. The first-order chi connectivity index (χ1) is 27.2. The Bertz CT molecular complexity index is 3160. The van der Waals surface area contributed by atoms with Gasteiger partial charge in [-0.1, -0.05) is 133 Å². The van der Waals surface area contributed by atoms with E-state index in [0.29, 0.717) is 5.89 Å². The highest BCUT2D eigenvalue weighted by Crippen LogP contribution is 2.45. The van der Waals surface area contributed by atoms with Crippen LogP contribution in [0.2, 0.25) is 0 Å². The molecule has 11 aromatic rings. The topological polar surface area (TPSA) is 29.3 Å². The summed E-state index contributed by atoms with van der Waals surface area (Å²) in [6, 6.07) is 69.3. The summed E-state index contributed by atoms with van der Waals surface area (Å²) in [7, 11) is 0. The number of fused-ring (bicyclic) bond motifs is 7. The van der Waals surface area contributed by atoms with E-state index in [1.165, 1.54) is 52.8 Å². The number of para-hydroxylation sites is 2.